The first-order valence-electron chi connectivity index (χ1n) is 12.6. The van der Waals surface area contributed by atoms with Gasteiger partial charge in [-0.25, -0.2) is 15.4 Å². The molecule has 0 spiro atoms. The first-order chi connectivity index (χ1) is 18.0. The molecule has 0 bridgehead atoms. The van der Waals surface area contributed by atoms with Gasteiger partial charge in [0.2, 0.25) is 5.91 Å². The average Bonchev–Trinajstić information content (AvgIpc) is 3.51. The lowest BCUT2D eigenvalue weighted by molar-refractivity contribution is -0.126. The maximum Gasteiger partial charge on any atom is 0.246 e. The molecule has 1 fully saturated rings. The molecule has 5 rings (SSSR count). The molecule has 2 aromatic carbocycles. The minimum absolute atomic E-state index is 0.0523. The van der Waals surface area contributed by atoms with E-state index in [1.54, 1.807) is 6.08 Å². The van der Waals surface area contributed by atoms with E-state index in [2.05, 4.69) is 15.4 Å². The number of amides is 1. The van der Waals surface area contributed by atoms with E-state index in [-0.39, 0.29) is 18.0 Å². The van der Waals surface area contributed by atoms with E-state index < -0.39 is 0 Å². The zero-order valence-electron chi connectivity index (χ0n) is 21.2. The summed E-state index contributed by atoms with van der Waals surface area (Å²) in [6.07, 6.45) is 7.01. The van der Waals surface area contributed by atoms with Crippen molar-refractivity contribution >= 4 is 17.5 Å². The molecule has 9 nitrogen and oxygen atoms in total. The fourth-order valence-electron chi connectivity index (χ4n) is 4.89. The van der Waals surface area contributed by atoms with E-state index in [0.29, 0.717) is 12.4 Å². The van der Waals surface area contributed by atoms with Gasteiger partial charge in [-0.1, -0.05) is 36.4 Å². The summed E-state index contributed by atoms with van der Waals surface area (Å²) in [5, 5.41) is 2.02. The van der Waals surface area contributed by atoms with Crippen molar-refractivity contribution < 1.29 is 9.53 Å². The Morgan fingerprint density at radius 2 is 1.89 bits per heavy atom. The fraction of sp³-hybridized carbons (Fsp3) is 0.321. The molecule has 0 aliphatic carbocycles. The van der Waals surface area contributed by atoms with Crippen LogP contribution in [0.25, 0.3) is 0 Å². The average molecular weight is 500 g/mol. The van der Waals surface area contributed by atoms with Crippen LogP contribution in [0.4, 0.5) is 11.6 Å². The third-order valence-electron chi connectivity index (χ3n) is 6.70. The molecular weight excluding hydrogens is 466 g/mol. The number of hydrogen-bond donors (Lipinski definition) is 2. The van der Waals surface area contributed by atoms with Crippen LogP contribution in [0.1, 0.15) is 30.0 Å². The number of nitrogens with zero attached hydrogens (tertiary/aromatic N) is 5. The highest BCUT2D eigenvalue weighted by Gasteiger charge is 2.37. The van der Waals surface area contributed by atoms with Gasteiger partial charge in [-0.05, 0) is 56.8 Å². The number of para-hydroxylation sites is 1. The number of likely N-dealkylation sites (N-methyl/N-ethyl adjacent to an activating group) is 1. The van der Waals surface area contributed by atoms with Crippen molar-refractivity contribution in [3.63, 3.8) is 0 Å². The number of benzene rings is 2. The van der Waals surface area contributed by atoms with Gasteiger partial charge in [0.25, 0.3) is 0 Å². The largest absolute Gasteiger partial charge is 0.457 e. The Kier molecular flexibility index (Phi) is 7.34. The molecule has 3 N–H and O–H groups in total. The first-order valence-corrected chi connectivity index (χ1v) is 12.6. The summed E-state index contributed by atoms with van der Waals surface area (Å²) < 4.78 is 5.95. The summed E-state index contributed by atoms with van der Waals surface area (Å²) in [5.74, 6) is 2.79. The van der Waals surface area contributed by atoms with Crippen molar-refractivity contribution in [1.82, 2.24) is 25.2 Å². The van der Waals surface area contributed by atoms with Crippen LogP contribution in [0.15, 0.2) is 73.1 Å². The number of nitrogens with one attached hydrogen (secondary N) is 1. The predicted molar refractivity (Wildman–Crippen MR) is 144 cm³/mol. The Hall–Kier alpha value is -3.95. The number of hydrazine groups is 1. The number of fused-ring (bicyclic) bond motifs is 1. The van der Waals surface area contributed by atoms with Crippen molar-refractivity contribution in [3.8, 4) is 11.5 Å². The summed E-state index contributed by atoms with van der Waals surface area (Å²) in [4.78, 5) is 25.7. The molecule has 9 heteroatoms. The molecule has 37 heavy (non-hydrogen) atoms. The second-order valence-electron chi connectivity index (χ2n) is 9.65. The Morgan fingerprint density at radius 1 is 1.14 bits per heavy atom. The van der Waals surface area contributed by atoms with Crippen LogP contribution in [0.5, 0.6) is 11.5 Å². The third kappa shape index (κ3) is 5.58. The molecule has 0 saturated carbocycles. The molecule has 192 valence electrons. The van der Waals surface area contributed by atoms with Crippen molar-refractivity contribution in [2.24, 2.45) is 0 Å². The standard InChI is InChI=1S/C28H33N7O2/c1-33(2)16-7-11-24(36)34-17-6-8-21(34)18-35-28-25(27(29)30-19-31-28)26(32-35)20-12-14-23(15-13-20)37-22-9-4-3-5-10-22/h3-5,7,9-15,19,21,26,32H,6,8,16-18H2,1-2H3,(H2,29,30,31)/b11-7+. The zero-order chi connectivity index (χ0) is 25.8. The molecule has 1 aromatic heterocycles. The lowest BCUT2D eigenvalue weighted by atomic mass is 10.0. The molecule has 0 radical (unpaired) electrons. The second kappa shape index (κ2) is 11.0. The van der Waals surface area contributed by atoms with Crippen LogP contribution in [-0.2, 0) is 4.79 Å². The number of hydrogen-bond acceptors (Lipinski definition) is 8. The summed E-state index contributed by atoms with van der Waals surface area (Å²) >= 11 is 0. The normalized spacial score (nSPS) is 19.1. The quantitative estimate of drug-likeness (QED) is 0.455. The number of rotatable bonds is 8. The van der Waals surface area contributed by atoms with Crippen LogP contribution in [-0.4, -0.2) is 65.4 Å². The number of anilines is 2. The van der Waals surface area contributed by atoms with E-state index in [4.69, 9.17) is 10.5 Å². The van der Waals surface area contributed by atoms with Crippen LogP contribution < -0.4 is 20.9 Å². The summed E-state index contributed by atoms with van der Waals surface area (Å²) in [6.45, 7) is 2.11. The van der Waals surface area contributed by atoms with E-state index >= 15 is 0 Å². The van der Waals surface area contributed by atoms with Gasteiger partial charge in [-0.2, -0.15) is 0 Å². The van der Waals surface area contributed by atoms with Gasteiger partial charge < -0.3 is 20.3 Å². The maximum atomic E-state index is 12.9. The highest BCUT2D eigenvalue weighted by atomic mass is 16.5. The van der Waals surface area contributed by atoms with Crippen LogP contribution in [0.3, 0.4) is 0 Å². The van der Waals surface area contributed by atoms with Gasteiger partial charge in [0.1, 0.15) is 23.6 Å². The zero-order valence-corrected chi connectivity index (χ0v) is 21.2. The first kappa shape index (κ1) is 24.7. The smallest absolute Gasteiger partial charge is 0.246 e. The molecule has 2 unspecified atom stereocenters. The monoisotopic (exact) mass is 499 g/mol. The minimum Gasteiger partial charge on any atom is -0.457 e. The Balaban J connectivity index is 1.32. The van der Waals surface area contributed by atoms with E-state index in [1.807, 2.05) is 89.6 Å². The SMILES string of the molecule is CN(C)C/C=C/C(=O)N1CCCC1CN1NC(c2ccc(Oc3ccccc3)cc2)c2c(N)ncnc21. The van der Waals surface area contributed by atoms with Gasteiger partial charge in [-0.3, -0.25) is 9.80 Å². The number of carbonyl (C=O) groups is 1. The van der Waals surface area contributed by atoms with Gasteiger partial charge in [0, 0.05) is 19.2 Å². The number of likely N-dealkylation sites (tertiary alicyclic amines) is 1. The Bertz CT molecular complexity index is 1250. The molecule has 2 aliphatic heterocycles. The molecular formula is C28H33N7O2. The van der Waals surface area contributed by atoms with Crippen LogP contribution in [0, 0.1) is 0 Å². The number of carbonyl (C=O) groups excluding carboxylic acids is 1. The van der Waals surface area contributed by atoms with Gasteiger partial charge in [0.15, 0.2) is 5.82 Å². The van der Waals surface area contributed by atoms with Gasteiger partial charge in [0.05, 0.1) is 24.2 Å². The van der Waals surface area contributed by atoms with Crippen molar-refractivity contribution in [2.45, 2.75) is 24.9 Å². The summed E-state index contributed by atoms with van der Waals surface area (Å²) in [5.41, 5.74) is 11.8. The molecule has 2 atom stereocenters. The summed E-state index contributed by atoms with van der Waals surface area (Å²) in [6, 6.07) is 17.5. The Morgan fingerprint density at radius 3 is 2.65 bits per heavy atom. The molecule has 2 aliphatic rings. The predicted octanol–water partition coefficient (Wildman–Crippen LogP) is 3.37. The number of nitrogen functional groups attached to an aromatic ring is 1. The highest BCUT2D eigenvalue weighted by molar-refractivity contribution is 5.88. The number of ether oxygens (including phenoxy) is 1. The van der Waals surface area contributed by atoms with Crippen LogP contribution in [0.2, 0.25) is 0 Å². The number of aromatic nitrogens is 2. The highest BCUT2D eigenvalue weighted by Crippen LogP contribution is 2.39. The van der Waals surface area contributed by atoms with Crippen molar-refractivity contribution in [2.75, 3.05) is 44.5 Å². The third-order valence-corrected chi connectivity index (χ3v) is 6.70. The van der Waals surface area contributed by atoms with E-state index in [9.17, 15) is 4.79 Å². The maximum absolute atomic E-state index is 12.9. The summed E-state index contributed by atoms with van der Waals surface area (Å²) in [7, 11) is 3.97. The minimum atomic E-state index is -0.201. The lowest BCUT2D eigenvalue weighted by Crippen LogP contribution is -2.46. The molecule has 1 saturated heterocycles. The molecule has 3 heterocycles. The van der Waals surface area contributed by atoms with Crippen molar-refractivity contribution in [1.29, 1.82) is 0 Å². The van der Waals surface area contributed by atoms with Crippen LogP contribution >= 0.6 is 0 Å². The Labute approximate surface area is 217 Å². The van der Waals surface area contributed by atoms with Crippen molar-refractivity contribution in [3.05, 3.63) is 84.2 Å². The number of nitrogens with two attached hydrogens (primary N) is 1. The van der Waals surface area contributed by atoms with Gasteiger partial charge in [-0.15, -0.1) is 0 Å². The fourth-order valence-corrected chi connectivity index (χ4v) is 4.89. The van der Waals surface area contributed by atoms with E-state index in [1.165, 1.54) is 6.33 Å². The van der Waals surface area contributed by atoms with E-state index in [0.717, 1.165) is 54.4 Å². The topological polar surface area (TPSA) is 99.9 Å². The molecule has 3 aromatic rings. The molecule has 1 amide bonds. The lowest BCUT2D eigenvalue weighted by Gasteiger charge is -2.29. The van der Waals surface area contributed by atoms with Gasteiger partial charge >= 0.3 is 0 Å². The second-order valence-corrected chi connectivity index (χ2v) is 9.65.